The number of piperazine rings is 1. The highest BCUT2D eigenvalue weighted by Crippen LogP contribution is 2.10. The molecule has 1 aliphatic rings. The molecule has 1 saturated heterocycles. The monoisotopic (exact) mass is 366 g/mol. The zero-order chi connectivity index (χ0) is 18.2. The Morgan fingerprint density at radius 1 is 1.28 bits per heavy atom. The summed E-state index contributed by atoms with van der Waals surface area (Å²) in [6.45, 7) is 1.61. The van der Waals surface area contributed by atoms with E-state index in [1.807, 2.05) is 24.3 Å². The molecule has 1 atom stereocenters. The average molecular weight is 367 g/mol. The molecule has 0 aliphatic carbocycles. The molecule has 0 aromatic heterocycles. The third-order valence-corrected chi connectivity index (χ3v) is 4.35. The number of nitrogens with zero attached hydrogens (tertiary/aromatic N) is 1. The molecule has 2 rings (SSSR count). The zero-order valence-corrected chi connectivity index (χ0v) is 14.9. The maximum absolute atomic E-state index is 12.2. The molecule has 3 amide bonds. The van der Waals surface area contributed by atoms with Crippen molar-refractivity contribution in [1.82, 2.24) is 20.9 Å². The summed E-state index contributed by atoms with van der Waals surface area (Å²) < 4.78 is 0. The predicted octanol–water partition coefficient (Wildman–Crippen LogP) is -0.0648. The molecule has 8 heteroatoms. The summed E-state index contributed by atoms with van der Waals surface area (Å²) >= 11 is 5.84. The van der Waals surface area contributed by atoms with Gasteiger partial charge < -0.3 is 16.0 Å². The van der Waals surface area contributed by atoms with Gasteiger partial charge in [-0.1, -0.05) is 23.7 Å². The van der Waals surface area contributed by atoms with E-state index in [-0.39, 0.29) is 30.7 Å². The molecule has 25 heavy (non-hydrogen) atoms. The van der Waals surface area contributed by atoms with Gasteiger partial charge in [-0.15, -0.1) is 0 Å². The molecule has 3 N–H and O–H groups in total. The standard InChI is InChI=1S/C17H23ClN4O3/c1-19-15(23)10-14-17(25)21-8-9-22(14)11-16(24)20-7-6-12-2-4-13(18)5-3-12/h2-5,14H,6-11H2,1H3,(H,19,23)(H,20,24)(H,21,25)/t14-/m1/s1. The quantitative estimate of drug-likeness (QED) is 0.630. The van der Waals surface area contributed by atoms with E-state index >= 15 is 0 Å². The molecule has 0 bridgehead atoms. The van der Waals surface area contributed by atoms with Crippen LogP contribution in [0.1, 0.15) is 12.0 Å². The van der Waals surface area contributed by atoms with Gasteiger partial charge in [0.2, 0.25) is 17.7 Å². The second-order valence-corrected chi connectivity index (χ2v) is 6.32. The zero-order valence-electron chi connectivity index (χ0n) is 14.2. The van der Waals surface area contributed by atoms with E-state index in [4.69, 9.17) is 11.6 Å². The minimum Gasteiger partial charge on any atom is -0.359 e. The van der Waals surface area contributed by atoms with Crippen molar-refractivity contribution in [2.45, 2.75) is 18.9 Å². The Bertz CT molecular complexity index is 621. The number of nitrogens with one attached hydrogen (secondary N) is 3. The number of amides is 3. The first kappa shape index (κ1) is 19.2. The molecule has 1 aromatic rings. The fourth-order valence-corrected chi connectivity index (χ4v) is 2.81. The van der Waals surface area contributed by atoms with Crippen molar-refractivity contribution < 1.29 is 14.4 Å². The number of hydrogen-bond donors (Lipinski definition) is 3. The van der Waals surface area contributed by atoms with Crippen LogP contribution in [0.4, 0.5) is 0 Å². The number of rotatable bonds is 7. The minimum atomic E-state index is -0.615. The summed E-state index contributed by atoms with van der Waals surface area (Å²) in [5, 5.41) is 8.77. The van der Waals surface area contributed by atoms with Gasteiger partial charge in [-0.3, -0.25) is 19.3 Å². The molecule has 0 unspecified atom stereocenters. The fourth-order valence-electron chi connectivity index (χ4n) is 2.69. The lowest BCUT2D eigenvalue weighted by molar-refractivity contribution is -0.135. The van der Waals surface area contributed by atoms with Crippen molar-refractivity contribution in [3.05, 3.63) is 34.9 Å². The highest BCUT2D eigenvalue weighted by molar-refractivity contribution is 6.30. The maximum atomic E-state index is 12.2. The summed E-state index contributed by atoms with van der Waals surface area (Å²) in [5.41, 5.74) is 1.08. The summed E-state index contributed by atoms with van der Waals surface area (Å²) in [6, 6.07) is 6.85. The first-order valence-corrected chi connectivity index (χ1v) is 8.61. The van der Waals surface area contributed by atoms with Crippen LogP contribution in [0.2, 0.25) is 5.02 Å². The lowest BCUT2D eigenvalue weighted by Crippen LogP contribution is -2.58. The Morgan fingerprint density at radius 3 is 2.68 bits per heavy atom. The first-order valence-electron chi connectivity index (χ1n) is 8.23. The third-order valence-electron chi connectivity index (χ3n) is 4.10. The van der Waals surface area contributed by atoms with Gasteiger partial charge in [0, 0.05) is 31.7 Å². The highest BCUT2D eigenvalue weighted by atomic mass is 35.5. The normalized spacial score (nSPS) is 17.7. The van der Waals surface area contributed by atoms with Gasteiger partial charge in [0.25, 0.3) is 0 Å². The van der Waals surface area contributed by atoms with Gasteiger partial charge in [0.1, 0.15) is 0 Å². The molecular weight excluding hydrogens is 344 g/mol. The van der Waals surface area contributed by atoms with Crippen molar-refractivity contribution in [2.75, 3.05) is 33.2 Å². The van der Waals surface area contributed by atoms with Crippen LogP contribution < -0.4 is 16.0 Å². The molecule has 1 heterocycles. The lowest BCUT2D eigenvalue weighted by Gasteiger charge is -2.34. The van der Waals surface area contributed by atoms with Gasteiger partial charge in [-0.05, 0) is 24.1 Å². The summed E-state index contributed by atoms with van der Waals surface area (Å²) in [4.78, 5) is 37.5. The molecule has 1 aliphatic heterocycles. The van der Waals surface area contributed by atoms with E-state index in [2.05, 4.69) is 16.0 Å². The summed E-state index contributed by atoms with van der Waals surface area (Å²) in [6.07, 6.45) is 0.742. The number of carbonyl (C=O) groups excluding carboxylic acids is 3. The van der Waals surface area contributed by atoms with Crippen LogP contribution in [0.5, 0.6) is 0 Å². The Labute approximate surface area is 152 Å². The molecule has 1 fully saturated rings. The fraction of sp³-hybridized carbons (Fsp3) is 0.471. The number of halogens is 1. The molecule has 136 valence electrons. The van der Waals surface area contributed by atoms with E-state index in [0.29, 0.717) is 31.1 Å². The van der Waals surface area contributed by atoms with Gasteiger partial charge in [-0.2, -0.15) is 0 Å². The second-order valence-electron chi connectivity index (χ2n) is 5.88. The molecule has 0 spiro atoms. The summed E-state index contributed by atoms with van der Waals surface area (Å²) in [5.74, 6) is -0.607. The van der Waals surface area contributed by atoms with E-state index in [9.17, 15) is 14.4 Å². The smallest absolute Gasteiger partial charge is 0.237 e. The van der Waals surface area contributed by atoms with E-state index < -0.39 is 6.04 Å². The van der Waals surface area contributed by atoms with E-state index in [1.54, 1.807) is 4.90 Å². The van der Waals surface area contributed by atoms with Crippen molar-refractivity contribution >= 4 is 29.3 Å². The maximum Gasteiger partial charge on any atom is 0.237 e. The van der Waals surface area contributed by atoms with E-state index in [0.717, 1.165) is 5.56 Å². The van der Waals surface area contributed by atoms with Crippen LogP contribution in [0.15, 0.2) is 24.3 Å². The Balaban J connectivity index is 1.81. The largest absolute Gasteiger partial charge is 0.359 e. The van der Waals surface area contributed by atoms with E-state index in [1.165, 1.54) is 7.05 Å². The molecule has 1 aromatic carbocycles. The Hall–Kier alpha value is -2.12. The Kier molecular flexibility index (Phi) is 7.21. The molecular formula is C17H23ClN4O3. The van der Waals surface area contributed by atoms with Crippen LogP contribution in [-0.4, -0.2) is 61.9 Å². The minimum absolute atomic E-state index is 0.0421. The molecule has 0 saturated carbocycles. The van der Waals surface area contributed by atoms with Crippen LogP contribution in [0.25, 0.3) is 0 Å². The van der Waals surface area contributed by atoms with Crippen LogP contribution in [0.3, 0.4) is 0 Å². The SMILES string of the molecule is CNC(=O)C[C@@H]1C(=O)NCCN1CC(=O)NCCc1ccc(Cl)cc1. The topological polar surface area (TPSA) is 90.5 Å². The van der Waals surface area contributed by atoms with Crippen LogP contribution in [-0.2, 0) is 20.8 Å². The first-order chi connectivity index (χ1) is 12.0. The Morgan fingerprint density at radius 2 is 2.00 bits per heavy atom. The third kappa shape index (κ3) is 6.03. The summed E-state index contributed by atoms with van der Waals surface area (Å²) in [7, 11) is 1.52. The van der Waals surface area contributed by atoms with Crippen molar-refractivity contribution in [1.29, 1.82) is 0 Å². The second kappa shape index (κ2) is 9.39. The number of hydrogen-bond acceptors (Lipinski definition) is 4. The highest BCUT2D eigenvalue weighted by Gasteiger charge is 2.32. The van der Waals surface area contributed by atoms with Crippen molar-refractivity contribution in [3.8, 4) is 0 Å². The molecule has 7 nitrogen and oxygen atoms in total. The van der Waals surface area contributed by atoms with Crippen LogP contribution >= 0.6 is 11.6 Å². The van der Waals surface area contributed by atoms with Gasteiger partial charge >= 0.3 is 0 Å². The number of carbonyl (C=O) groups is 3. The van der Waals surface area contributed by atoms with Gasteiger partial charge in [-0.25, -0.2) is 0 Å². The van der Waals surface area contributed by atoms with Crippen molar-refractivity contribution in [2.24, 2.45) is 0 Å². The van der Waals surface area contributed by atoms with Gasteiger partial charge in [0.05, 0.1) is 19.0 Å². The number of benzene rings is 1. The molecule has 0 radical (unpaired) electrons. The predicted molar refractivity (Wildman–Crippen MR) is 95.2 cm³/mol. The average Bonchev–Trinajstić information content (AvgIpc) is 2.59. The lowest BCUT2D eigenvalue weighted by atomic mass is 10.1. The van der Waals surface area contributed by atoms with Crippen molar-refractivity contribution in [3.63, 3.8) is 0 Å². The van der Waals surface area contributed by atoms with Gasteiger partial charge in [0.15, 0.2) is 0 Å². The van der Waals surface area contributed by atoms with Crippen LogP contribution in [0, 0.1) is 0 Å².